The van der Waals surface area contributed by atoms with Gasteiger partial charge in [-0.2, -0.15) is 0 Å². The lowest BCUT2D eigenvalue weighted by atomic mass is 9.73. The number of H-pyrrole nitrogens is 1. The number of fused-ring (bicyclic) bond motifs is 1. The van der Waals surface area contributed by atoms with Crippen molar-refractivity contribution >= 4 is 22.6 Å². The molecule has 0 aromatic carbocycles. The molecule has 2 aromatic rings. The molecule has 1 fully saturated rings. The smallest absolute Gasteiger partial charge is 0.142 e. The highest BCUT2D eigenvalue weighted by Crippen LogP contribution is 2.42. The van der Waals surface area contributed by atoms with E-state index in [2.05, 4.69) is 15.0 Å². The number of nitrogens with one attached hydrogen (secondary N) is 1. The molecular formula is C10H11ClN4. The van der Waals surface area contributed by atoms with E-state index in [9.17, 15) is 0 Å². The fourth-order valence-corrected chi connectivity index (χ4v) is 2.38. The van der Waals surface area contributed by atoms with Crippen LogP contribution in [0.5, 0.6) is 0 Å². The number of nitrogens with two attached hydrogens (primary N) is 1. The highest BCUT2D eigenvalue weighted by Gasteiger charge is 2.37. The largest absolute Gasteiger partial charge is 0.346 e. The van der Waals surface area contributed by atoms with Crippen LogP contribution in [0.15, 0.2) is 12.5 Å². The van der Waals surface area contributed by atoms with Crippen LogP contribution >= 0.6 is 11.6 Å². The molecule has 0 atom stereocenters. The van der Waals surface area contributed by atoms with E-state index in [-0.39, 0.29) is 5.54 Å². The molecule has 1 aliphatic rings. The summed E-state index contributed by atoms with van der Waals surface area (Å²) in [5.41, 5.74) is 7.86. The molecule has 78 valence electrons. The fraction of sp³-hybridized carbons (Fsp3) is 0.400. The Morgan fingerprint density at radius 2 is 2.20 bits per heavy atom. The predicted molar refractivity (Wildman–Crippen MR) is 58.6 cm³/mol. The molecule has 4 nitrogen and oxygen atoms in total. The van der Waals surface area contributed by atoms with E-state index in [0.717, 1.165) is 29.4 Å². The van der Waals surface area contributed by atoms with Gasteiger partial charge < -0.3 is 10.7 Å². The average Bonchev–Trinajstić information content (AvgIpc) is 2.60. The van der Waals surface area contributed by atoms with Crippen molar-refractivity contribution in [2.75, 3.05) is 0 Å². The van der Waals surface area contributed by atoms with Crippen molar-refractivity contribution in [3.63, 3.8) is 0 Å². The van der Waals surface area contributed by atoms with Crippen molar-refractivity contribution in [1.82, 2.24) is 15.0 Å². The third-order valence-electron chi connectivity index (χ3n) is 3.21. The summed E-state index contributed by atoms with van der Waals surface area (Å²) >= 11 is 6.06. The molecule has 5 heteroatoms. The lowest BCUT2D eigenvalue weighted by molar-refractivity contribution is 0.256. The molecule has 2 heterocycles. The Bertz CT molecular complexity index is 515. The molecule has 0 amide bonds. The standard InChI is InChI=1S/C10H11ClN4/c11-8-7-6(10(12)2-1-3-10)4-13-9(7)15-5-14-8/h4-5H,1-3,12H2,(H,13,14,15). The van der Waals surface area contributed by atoms with Gasteiger partial charge in [0.1, 0.15) is 17.1 Å². The SMILES string of the molecule is NC1(c2c[nH]c3ncnc(Cl)c23)CCC1. The van der Waals surface area contributed by atoms with Gasteiger partial charge in [-0.3, -0.25) is 0 Å². The second-order valence-corrected chi connectivity index (χ2v) is 4.46. The summed E-state index contributed by atoms with van der Waals surface area (Å²) in [5.74, 6) is 0. The molecule has 0 aliphatic heterocycles. The number of nitrogens with zero attached hydrogens (tertiary/aromatic N) is 2. The van der Waals surface area contributed by atoms with Crippen LogP contribution in [0.2, 0.25) is 5.15 Å². The highest BCUT2D eigenvalue weighted by atomic mass is 35.5. The van der Waals surface area contributed by atoms with Crippen LogP contribution in [-0.4, -0.2) is 15.0 Å². The molecule has 0 spiro atoms. The van der Waals surface area contributed by atoms with Crippen LogP contribution in [0, 0.1) is 0 Å². The second kappa shape index (κ2) is 2.93. The zero-order chi connectivity index (χ0) is 10.5. The molecule has 2 aromatic heterocycles. The molecule has 1 aliphatic carbocycles. The third kappa shape index (κ3) is 1.18. The topological polar surface area (TPSA) is 67.6 Å². The van der Waals surface area contributed by atoms with Crippen molar-refractivity contribution < 1.29 is 0 Å². The van der Waals surface area contributed by atoms with Crippen molar-refractivity contribution in [3.8, 4) is 0 Å². The van der Waals surface area contributed by atoms with Crippen LogP contribution < -0.4 is 5.73 Å². The highest BCUT2D eigenvalue weighted by molar-refractivity contribution is 6.34. The van der Waals surface area contributed by atoms with Crippen LogP contribution in [0.1, 0.15) is 24.8 Å². The third-order valence-corrected chi connectivity index (χ3v) is 3.49. The van der Waals surface area contributed by atoms with E-state index in [0.29, 0.717) is 5.15 Å². The van der Waals surface area contributed by atoms with Gasteiger partial charge in [-0.25, -0.2) is 9.97 Å². The molecule has 0 bridgehead atoms. The summed E-state index contributed by atoms with van der Waals surface area (Å²) < 4.78 is 0. The van der Waals surface area contributed by atoms with E-state index in [1.807, 2.05) is 6.20 Å². The van der Waals surface area contributed by atoms with Crippen molar-refractivity contribution in [3.05, 3.63) is 23.2 Å². The minimum atomic E-state index is -0.230. The molecular weight excluding hydrogens is 212 g/mol. The zero-order valence-electron chi connectivity index (χ0n) is 8.13. The van der Waals surface area contributed by atoms with Gasteiger partial charge in [0.05, 0.1) is 5.39 Å². The summed E-state index contributed by atoms with van der Waals surface area (Å²) in [6.07, 6.45) is 6.55. The summed E-state index contributed by atoms with van der Waals surface area (Å²) in [7, 11) is 0. The quantitative estimate of drug-likeness (QED) is 0.725. The summed E-state index contributed by atoms with van der Waals surface area (Å²) in [5, 5.41) is 1.36. The Balaban J connectivity index is 2.27. The maximum Gasteiger partial charge on any atom is 0.142 e. The van der Waals surface area contributed by atoms with Crippen LogP contribution in [0.25, 0.3) is 11.0 Å². The van der Waals surface area contributed by atoms with Gasteiger partial charge in [0, 0.05) is 17.3 Å². The van der Waals surface area contributed by atoms with Crippen LogP contribution in [0.4, 0.5) is 0 Å². The first-order chi connectivity index (χ1) is 7.21. The van der Waals surface area contributed by atoms with Crippen LogP contribution in [-0.2, 0) is 5.54 Å². The first-order valence-corrected chi connectivity index (χ1v) is 5.35. The van der Waals surface area contributed by atoms with E-state index >= 15 is 0 Å². The number of hydrogen-bond donors (Lipinski definition) is 2. The fourth-order valence-electron chi connectivity index (χ4n) is 2.14. The molecule has 15 heavy (non-hydrogen) atoms. The molecule has 0 unspecified atom stereocenters. The van der Waals surface area contributed by atoms with Gasteiger partial charge >= 0.3 is 0 Å². The van der Waals surface area contributed by atoms with Gasteiger partial charge in [-0.1, -0.05) is 11.6 Å². The minimum absolute atomic E-state index is 0.230. The Morgan fingerprint density at radius 1 is 1.40 bits per heavy atom. The number of aromatic amines is 1. The summed E-state index contributed by atoms with van der Waals surface area (Å²) in [6.45, 7) is 0. The summed E-state index contributed by atoms with van der Waals surface area (Å²) in [6, 6.07) is 0. The summed E-state index contributed by atoms with van der Waals surface area (Å²) in [4.78, 5) is 11.2. The molecule has 3 rings (SSSR count). The van der Waals surface area contributed by atoms with E-state index in [4.69, 9.17) is 17.3 Å². The van der Waals surface area contributed by atoms with Gasteiger partial charge in [0.25, 0.3) is 0 Å². The van der Waals surface area contributed by atoms with Gasteiger partial charge in [0.15, 0.2) is 0 Å². The van der Waals surface area contributed by atoms with Gasteiger partial charge in [-0.05, 0) is 19.3 Å². The average molecular weight is 223 g/mol. The Labute approximate surface area is 91.9 Å². The van der Waals surface area contributed by atoms with Crippen LogP contribution in [0.3, 0.4) is 0 Å². The molecule has 3 N–H and O–H groups in total. The monoisotopic (exact) mass is 222 g/mol. The minimum Gasteiger partial charge on any atom is -0.346 e. The maximum atomic E-state index is 6.27. The molecule has 0 saturated heterocycles. The van der Waals surface area contributed by atoms with E-state index < -0.39 is 0 Å². The number of hydrogen-bond acceptors (Lipinski definition) is 3. The molecule has 0 radical (unpaired) electrons. The number of aromatic nitrogens is 3. The first-order valence-electron chi connectivity index (χ1n) is 4.98. The van der Waals surface area contributed by atoms with Crippen molar-refractivity contribution in [1.29, 1.82) is 0 Å². The van der Waals surface area contributed by atoms with E-state index in [1.165, 1.54) is 12.7 Å². The Kier molecular flexibility index (Phi) is 1.78. The maximum absolute atomic E-state index is 6.27. The first kappa shape index (κ1) is 9.12. The van der Waals surface area contributed by atoms with Crippen molar-refractivity contribution in [2.45, 2.75) is 24.8 Å². The zero-order valence-corrected chi connectivity index (χ0v) is 8.88. The van der Waals surface area contributed by atoms with Gasteiger partial charge in [-0.15, -0.1) is 0 Å². The number of halogens is 1. The molecule has 1 saturated carbocycles. The lowest BCUT2D eigenvalue weighted by Gasteiger charge is -2.38. The second-order valence-electron chi connectivity index (χ2n) is 4.10. The lowest BCUT2D eigenvalue weighted by Crippen LogP contribution is -2.43. The Hall–Kier alpha value is -1.13. The van der Waals surface area contributed by atoms with Gasteiger partial charge in [0.2, 0.25) is 0 Å². The Morgan fingerprint density at radius 3 is 2.87 bits per heavy atom. The van der Waals surface area contributed by atoms with Crippen molar-refractivity contribution in [2.24, 2.45) is 5.73 Å². The van der Waals surface area contributed by atoms with E-state index in [1.54, 1.807) is 0 Å². The normalized spacial score (nSPS) is 19.1. The number of rotatable bonds is 1. The predicted octanol–water partition coefficient (Wildman–Crippen LogP) is 1.95.